The predicted molar refractivity (Wildman–Crippen MR) is 94.3 cm³/mol. The molecule has 0 atom stereocenters. The van der Waals surface area contributed by atoms with Crippen molar-refractivity contribution in [1.29, 1.82) is 0 Å². The monoisotopic (exact) mass is 364 g/mol. The number of amides is 3. The Hall–Kier alpha value is -2.97. The van der Waals surface area contributed by atoms with Gasteiger partial charge >= 0.3 is 11.7 Å². The maximum Gasteiger partial charge on any atom is 0.321 e. The number of carbonyl (C=O) groups is 2. The maximum absolute atomic E-state index is 13.2. The van der Waals surface area contributed by atoms with E-state index < -0.39 is 28.4 Å². The molecule has 0 unspecified atom stereocenters. The second-order valence-electron chi connectivity index (χ2n) is 5.94. The highest BCUT2D eigenvalue weighted by Gasteiger charge is 2.15. The van der Waals surface area contributed by atoms with Gasteiger partial charge in [0.15, 0.2) is 0 Å². The number of halogens is 1. The highest BCUT2D eigenvalue weighted by molar-refractivity contribution is 5.96. The summed E-state index contributed by atoms with van der Waals surface area (Å²) in [6.45, 7) is 0.171. The fraction of sp³-hybridized carbons (Fsp3) is 0.412. The van der Waals surface area contributed by atoms with E-state index in [-0.39, 0.29) is 12.2 Å². The van der Waals surface area contributed by atoms with Crippen molar-refractivity contribution in [3.8, 4) is 0 Å². The van der Waals surface area contributed by atoms with Gasteiger partial charge < -0.3 is 10.6 Å². The second-order valence-corrected chi connectivity index (χ2v) is 5.94. The van der Waals surface area contributed by atoms with E-state index in [9.17, 15) is 24.1 Å². The van der Waals surface area contributed by atoms with Crippen LogP contribution in [-0.4, -0.2) is 30.0 Å². The Morgan fingerprint density at radius 1 is 1.27 bits per heavy atom. The molecule has 0 bridgehead atoms. The van der Waals surface area contributed by atoms with Crippen molar-refractivity contribution in [3.63, 3.8) is 0 Å². The zero-order valence-corrected chi connectivity index (χ0v) is 14.2. The molecule has 0 spiro atoms. The van der Waals surface area contributed by atoms with Crippen LogP contribution < -0.4 is 16.0 Å². The minimum Gasteiger partial charge on any atom is -0.376 e. The molecule has 0 aliphatic heterocycles. The summed E-state index contributed by atoms with van der Waals surface area (Å²) in [7, 11) is 0. The Bertz CT molecular complexity index is 721. The van der Waals surface area contributed by atoms with Crippen LogP contribution in [0.5, 0.6) is 0 Å². The van der Waals surface area contributed by atoms with Gasteiger partial charge in [-0.1, -0.05) is 11.6 Å². The number of rotatable bonds is 7. The van der Waals surface area contributed by atoms with Gasteiger partial charge in [-0.15, -0.1) is 0 Å². The molecular formula is C17H21FN4O4. The van der Waals surface area contributed by atoms with E-state index in [1.807, 2.05) is 0 Å². The van der Waals surface area contributed by atoms with E-state index in [0.29, 0.717) is 6.54 Å². The molecule has 0 saturated heterocycles. The normalized spacial score (nSPS) is 13.5. The van der Waals surface area contributed by atoms with Crippen molar-refractivity contribution in [1.82, 2.24) is 10.6 Å². The standard InChI is InChI=1S/C17H21FN4O4/c18-14-7-6-13(10-15(14)22(25)26)20-11-16(23)21-17(24)19-9-8-12-4-2-1-3-5-12/h4,6-7,10,20H,1-3,5,8-9,11H2,(H2,19,21,23,24). The zero-order valence-electron chi connectivity index (χ0n) is 14.2. The summed E-state index contributed by atoms with van der Waals surface area (Å²) in [6, 6.07) is 2.59. The van der Waals surface area contributed by atoms with E-state index in [0.717, 1.165) is 31.4 Å². The summed E-state index contributed by atoms with van der Waals surface area (Å²) in [6.07, 6.45) is 7.46. The summed E-state index contributed by atoms with van der Waals surface area (Å²) < 4.78 is 13.2. The minimum absolute atomic E-state index is 0.206. The van der Waals surface area contributed by atoms with Gasteiger partial charge in [0.05, 0.1) is 11.5 Å². The summed E-state index contributed by atoms with van der Waals surface area (Å²) in [5.41, 5.74) is 0.838. The van der Waals surface area contributed by atoms with Crippen LogP contribution in [-0.2, 0) is 4.79 Å². The van der Waals surface area contributed by atoms with Crippen molar-refractivity contribution >= 4 is 23.3 Å². The Labute approximate surface area is 150 Å². The molecule has 0 aromatic heterocycles. The Morgan fingerprint density at radius 2 is 2.08 bits per heavy atom. The Morgan fingerprint density at radius 3 is 2.77 bits per heavy atom. The fourth-order valence-corrected chi connectivity index (χ4v) is 2.63. The zero-order chi connectivity index (χ0) is 18.9. The molecule has 1 aliphatic rings. The highest BCUT2D eigenvalue weighted by atomic mass is 19.1. The summed E-state index contributed by atoms with van der Waals surface area (Å²) in [5, 5.41) is 18.1. The Kier molecular flexibility index (Phi) is 7.07. The molecule has 0 fully saturated rings. The number of allylic oxidation sites excluding steroid dienone is 1. The summed E-state index contributed by atoms with van der Waals surface area (Å²) in [5.74, 6) is -1.57. The molecule has 0 heterocycles. The quantitative estimate of drug-likeness (QED) is 0.391. The third-order valence-electron chi connectivity index (χ3n) is 3.97. The van der Waals surface area contributed by atoms with Crippen LogP contribution in [0.15, 0.2) is 29.8 Å². The number of nitro groups is 1. The average molecular weight is 364 g/mol. The topological polar surface area (TPSA) is 113 Å². The van der Waals surface area contributed by atoms with Crippen LogP contribution >= 0.6 is 0 Å². The lowest BCUT2D eigenvalue weighted by Crippen LogP contribution is -2.42. The molecule has 140 valence electrons. The van der Waals surface area contributed by atoms with Gasteiger partial charge in [-0.2, -0.15) is 4.39 Å². The smallest absolute Gasteiger partial charge is 0.321 e. The second kappa shape index (κ2) is 9.50. The van der Waals surface area contributed by atoms with E-state index in [4.69, 9.17) is 0 Å². The molecule has 1 aromatic carbocycles. The van der Waals surface area contributed by atoms with Crippen LogP contribution in [0, 0.1) is 15.9 Å². The van der Waals surface area contributed by atoms with Crippen LogP contribution in [0.1, 0.15) is 32.1 Å². The van der Waals surface area contributed by atoms with Crippen LogP contribution in [0.4, 0.5) is 20.6 Å². The molecule has 3 N–H and O–H groups in total. The third-order valence-corrected chi connectivity index (χ3v) is 3.97. The largest absolute Gasteiger partial charge is 0.376 e. The van der Waals surface area contributed by atoms with Gasteiger partial charge in [-0.25, -0.2) is 4.79 Å². The molecule has 0 saturated carbocycles. The number of urea groups is 1. The number of hydrogen-bond acceptors (Lipinski definition) is 5. The van der Waals surface area contributed by atoms with Crippen LogP contribution in [0.2, 0.25) is 0 Å². The lowest BCUT2D eigenvalue weighted by molar-refractivity contribution is -0.387. The van der Waals surface area contributed by atoms with Crippen molar-refractivity contribution in [2.24, 2.45) is 0 Å². The minimum atomic E-state index is -0.961. The maximum atomic E-state index is 13.2. The molecule has 8 nitrogen and oxygen atoms in total. The number of anilines is 1. The van der Waals surface area contributed by atoms with Crippen molar-refractivity contribution in [2.75, 3.05) is 18.4 Å². The molecule has 2 rings (SSSR count). The van der Waals surface area contributed by atoms with E-state index in [2.05, 4.69) is 22.0 Å². The van der Waals surface area contributed by atoms with Gasteiger partial charge in [-0.05, 0) is 44.2 Å². The molecule has 1 aromatic rings. The lowest BCUT2D eigenvalue weighted by atomic mass is 9.97. The number of imide groups is 1. The van der Waals surface area contributed by atoms with Gasteiger partial charge in [0.25, 0.3) is 0 Å². The SMILES string of the molecule is O=C(CNc1ccc(F)c([N+](=O)[O-])c1)NC(=O)NCCC1=CCCCC1. The number of benzene rings is 1. The molecule has 1 aliphatic carbocycles. The molecule has 0 radical (unpaired) electrons. The first-order valence-corrected chi connectivity index (χ1v) is 8.39. The van der Waals surface area contributed by atoms with Crippen molar-refractivity contribution in [2.45, 2.75) is 32.1 Å². The van der Waals surface area contributed by atoms with Crippen LogP contribution in [0.3, 0.4) is 0 Å². The summed E-state index contributed by atoms with van der Waals surface area (Å²) >= 11 is 0. The molecule has 26 heavy (non-hydrogen) atoms. The number of carbonyl (C=O) groups excluding carboxylic acids is 2. The van der Waals surface area contributed by atoms with Gasteiger partial charge in [0.1, 0.15) is 0 Å². The number of nitro benzene ring substituents is 1. The van der Waals surface area contributed by atoms with Gasteiger partial charge in [0, 0.05) is 18.3 Å². The third kappa shape index (κ3) is 6.15. The highest BCUT2D eigenvalue weighted by Crippen LogP contribution is 2.21. The first-order chi connectivity index (χ1) is 12.5. The van der Waals surface area contributed by atoms with E-state index >= 15 is 0 Å². The van der Waals surface area contributed by atoms with Crippen LogP contribution in [0.25, 0.3) is 0 Å². The van der Waals surface area contributed by atoms with Gasteiger partial charge in [0.2, 0.25) is 11.7 Å². The van der Waals surface area contributed by atoms with Gasteiger partial charge in [-0.3, -0.25) is 20.2 Å². The van der Waals surface area contributed by atoms with E-state index in [1.165, 1.54) is 24.5 Å². The molecule has 3 amide bonds. The number of hydrogen-bond donors (Lipinski definition) is 3. The number of nitrogens with one attached hydrogen (secondary N) is 3. The van der Waals surface area contributed by atoms with Crippen molar-refractivity contribution < 1.29 is 18.9 Å². The average Bonchev–Trinajstić information content (AvgIpc) is 2.61. The first-order valence-electron chi connectivity index (χ1n) is 8.39. The molecular weight excluding hydrogens is 343 g/mol. The first kappa shape index (κ1) is 19.4. The number of nitrogens with zero attached hydrogens (tertiary/aromatic N) is 1. The summed E-state index contributed by atoms with van der Waals surface area (Å²) in [4.78, 5) is 33.2. The van der Waals surface area contributed by atoms with E-state index in [1.54, 1.807) is 0 Å². The molecule has 9 heteroatoms. The predicted octanol–water partition coefficient (Wildman–Crippen LogP) is 2.86. The van der Waals surface area contributed by atoms with Crippen molar-refractivity contribution in [3.05, 3.63) is 45.8 Å². The lowest BCUT2D eigenvalue weighted by Gasteiger charge is -2.13. The fourth-order valence-electron chi connectivity index (χ4n) is 2.63. The Balaban J connectivity index is 1.71.